The minimum absolute atomic E-state index is 0.171. The van der Waals surface area contributed by atoms with Gasteiger partial charge in [-0.05, 0) is 12.8 Å². The van der Waals surface area contributed by atoms with Crippen LogP contribution in [-0.4, -0.2) is 58.3 Å². The number of rotatable bonds is 8. The van der Waals surface area contributed by atoms with E-state index in [0.717, 1.165) is 0 Å². The van der Waals surface area contributed by atoms with E-state index in [1.165, 1.54) is 14.0 Å². The van der Waals surface area contributed by atoms with E-state index in [0.29, 0.717) is 5.23 Å². The Morgan fingerprint density at radius 3 is 2.21 bits per heavy atom. The SMILES string of the molecule is CON(O)CC(=O)NC(C(C)C)C(O)C(C)C(=O)O. The molecular weight excluding hydrogens is 256 g/mol. The first-order valence-electron chi connectivity index (χ1n) is 5.91. The Morgan fingerprint density at radius 1 is 1.32 bits per heavy atom. The molecule has 0 aromatic heterocycles. The number of aliphatic hydroxyl groups is 1. The molecule has 112 valence electrons. The first kappa shape index (κ1) is 17.8. The summed E-state index contributed by atoms with van der Waals surface area (Å²) in [6.45, 7) is 4.42. The summed E-state index contributed by atoms with van der Waals surface area (Å²) in [6.07, 6.45) is -1.23. The molecule has 0 aromatic carbocycles. The minimum atomic E-state index is -1.23. The van der Waals surface area contributed by atoms with Crippen LogP contribution in [0.15, 0.2) is 0 Å². The highest BCUT2D eigenvalue weighted by Crippen LogP contribution is 2.14. The van der Waals surface area contributed by atoms with Crippen molar-refractivity contribution in [1.29, 1.82) is 0 Å². The second-order valence-corrected chi connectivity index (χ2v) is 4.65. The van der Waals surface area contributed by atoms with Crippen LogP contribution in [0.2, 0.25) is 0 Å². The van der Waals surface area contributed by atoms with Crippen LogP contribution in [0.4, 0.5) is 0 Å². The highest BCUT2D eigenvalue weighted by molar-refractivity contribution is 5.78. The van der Waals surface area contributed by atoms with Gasteiger partial charge in [0.05, 0.1) is 25.2 Å². The lowest BCUT2D eigenvalue weighted by molar-refractivity contribution is -0.320. The maximum atomic E-state index is 11.6. The second kappa shape index (κ2) is 8.05. The summed E-state index contributed by atoms with van der Waals surface area (Å²) in [6, 6.07) is -0.733. The molecule has 8 heteroatoms. The lowest BCUT2D eigenvalue weighted by Gasteiger charge is -2.30. The first-order chi connectivity index (χ1) is 8.70. The van der Waals surface area contributed by atoms with Crippen LogP contribution < -0.4 is 5.32 Å². The quantitative estimate of drug-likeness (QED) is 0.440. The number of nitrogens with zero attached hydrogens (tertiary/aromatic N) is 1. The summed E-state index contributed by atoms with van der Waals surface area (Å²) in [5.74, 6) is -2.91. The van der Waals surface area contributed by atoms with E-state index in [2.05, 4.69) is 10.2 Å². The molecular formula is C11H22N2O6. The van der Waals surface area contributed by atoms with E-state index in [9.17, 15) is 14.7 Å². The number of hydrogen-bond donors (Lipinski definition) is 4. The number of hydroxylamine groups is 2. The number of nitrogens with one attached hydrogen (secondary N) is 1. The maximum Gasteiger partial charge on any atom is 0.308 e. The normalized spacial score (nSPS) is 16.2. The number of carbonyl (C=O) groups is 2. The highest BCUT2D eigenvalue weighted by atomic mass is 16.9. The summed E-state index contributed by atoms with van der Waals surface area (Å²) in [7, 11) is 1.19. The van der Waals surface area contributed by atoms with Crippen molar-refractivity contribution in [2.75, 3.05) is 13.7 Å². The van der Waals surface area contributed by atoms with Gasteiger partial charge >= 0.3 is 5.97 Å². The van der Waals surface area contributed by atoms with Gasteiger partial charge in [-0.25, -0.2) is 0 Å². The third-order valence-electron chi connectivity index (χ3n) is 2.81. The van der Waals surface area contributed by atoms with Gasteiger partial charge in [0.15, 0.2) is 0 Å². The maximum absolute atomic E-state index is 11.6. The van der Waals surface area contributed by atoms with Crippen LogP contribution in [0.25, 0.3) is 0 Å². The minimum Gasteiger partial charge on any atom is -0.481 e. The average Bonchev–Trinajstić information content (AvgIpc) is 2.33. The van der Waals surface area contributed by atoms with Gasteiger partial charge < -0.3 is 15.5 Å². The van der Waals surface area contributed by atoms with Gasteiger partial charge in [0.1, 0.15) is 6.54 Å². The fourth-order valence-electron chi connectivity index (χ4n) is 1.52. The van der Waals surface area contributed by atoms with E-state index in [4.69, 9.17) is 10.3 Å². The van der Waals surface area contributed by atoms with Gasteiger partial charge in [0.2, 0.25) is 5.91 Å². The fraction of sp³-hybridized carbons (Fsp3) is 0.818. The van der Waals surface area contributed by atoms with Crippen LogP contribution >= 0.6 is 0 Å². The van der Waals surface area contributed by atoms with Gasteiger partial charge in [-0.15, -0.1) is 0 Å². The largest absolute Gasteiger partial charge is 0.481 e. The van der Waals surface area contributed by atoms with Crippen LogP contribution in [0, 0.1) is 11.8 Å². The molecule has 0 spiro atoms. The molecule has 0 aliphatic rings. The van der Waals surface area contributed by atoms with Crippen molar-refractivity contribution in [3.05, 3.63) is 0 Å². The van der Waals surface area contributed by atoms with Gasteiger partial charge in [0, 0.05) is 0 Å². The highest BCUT2D eigenvalue weighted by Gasteiger charge is 2.32. The first-order valence-corrected chi connectivity index (χ1v) is 5.91. The van der Waals surface area contributed by atoms with Crippen LogP contribution in [0.3, 0.4) is 0 Å². The lowest BCUT2D eigenvalue weighted by atomic mass is 9.90. The van der Waals surface area contributed by atoms with Crippen molar-refractivity contribution in [1.82, 2.24) is 10.5 Å². The molecule has 0 rings (SSSR count). The molecule has 0 radical (unpaired) electrons. The zero-order chi connectivity index (χ0) is 15.2. The molecule has 0 heterocycles. The summed E-state index contributed by atoms with van der Waals surface area (Å²) >= 11 is 0. The number of aliphatic hydroxyl groups excluding tert-OH is 1. The summed E-state index contributed by atoms with van der Waals surface area (Å²) in [5.41, 5.74) is 0. The predicted molar refractivity (Wildman–Crippen MR) is 65.1 cm³/mol. The van der Waals surface area contributed by atoms with Gasteiger partial charge in [-0.3, -0.25) is 19.6 Å². The van der Waals surface area contributed by atoms with Crippen molar-refractivity contribution >= 4 is 11.9 Å². The Hall–Kier alpha value is -1.22. The van der Waals surface area contributed by atoms with E-state index in [1.54, 1.807) is 13.8 Å². The van der Waals surface area contributed by atoms with Gasteiger partial charge in [-0.1, -0.05) is 19.1 Å². The lowest BCUT2D eigenvalue weighted by Crippen LogP contribution is -2.52. The molecule has 0 aliphatic heterocycles. The molecule has 0 aromatic rings. The Kier molecular flexibility index (Phi) is 7.53. The van der Waals surface area contributed by atoms with E-state index >= 15 is 0 Å². The Labute approximate surface area is 111 Å². The number of aliphatic carboxylic acids is 1. The molecule has 8 nitrogen and oxygen atoms in total. The number of hydrogen-bond acceptors (Lipinski definition) is 6. The van der Waals surface area contributed by atoms with Crippen molar-refractivity contribution < 1.29 is 29.8 Å². The number of carbonyl (C=O) groups excluding carboxylic acids is 1. The monoisotopic (exact) mass is 278 g/mol. The van der Waals surface area contributed by atoms with Crippen LogP contribution in [0.1, 0.15) is 20.8 Å². The van der Waals surface area contributed by atoms with Crippen molar-refractivity contribution in [2.24, 2.45) is 11.8 Å². The van der Waals surface area contributed by atoms with Crippen molar-refractivity contribution in [3.8, 4) is 0 Å². The molecule has 4 N–H and O–H groups in total. The molecule has 0 saturated carbocycles. The molecule has 3 atom stereocenters. The summed E-state index contributed by atoms with van der Waals surface area (Å²) in [4.78, 5) is 26.8. The molecule has 1 amide bonds. The predicted octanol–water partition coefficient (Wildman–Crippen LogP) is -0.539. The molecule has 3 unspecified atom stereocenters. The van der Waals surface area contributed by atoms with E-state index in [-0.39, 0.29) is 5.92 Å². The summed E-state index contributed by atoms with van der Waals surface area (Å²) in [5, 5.41) is 30.6. The van der Waals surface area contributed by atoms with Gasteiger partial charge in [0.25, 0.3) is 0 Å². The smallest absolute Gasteiger partial charge is 0.308 e. The zero-order valence-electron chi connectivity index (χ0n) is 11.5. The van der Waals surface area contributed by atoms with E-state index in [1.807, 2.05) is 0 Å². The molecule has 0 bridgehead atoms. The Bertz CT molecular complexity index is 310. The molecule has 0 aliphatic carbocycles. The third-order valence-corrected chi connectivity index (χ3v) is 2.81. The summed E-state index contributed by atoms with van der Waals surface area (Å²) < 4.78 is 0. The van der Waals surface area contributed by atoms with Crippen molar-refractivity contribution in [3.63, 3.8) is 0 Å². The number of amides is 1. The fourth-order valence-corrected chi connectivity index (χ4v) is 1.52. The van der Waals surface area contributed by atoms with Crippen LogP contribution in [-0.2, 0) is 14.4 Å². The van der Waals surface area contributed by atoms with Crippen molar-refractivity contribution in [2.45, 2.75) is 32.9 Å². The molecule has 19 heavy (non-hydrogen) atoms. The average molecular weight is 278 g/mol. The zero-order valence-corrected chi connectivity index (χ0v) is 11.5. The van der Waals surface area contributed by atoms with Crippen LogP contribution in [0.5, 0.6) is 0 Å². The molecule has 0 fully saturated rings. The Morgan fingerprint density at radius 2 is 1.84 bits per heavy atom. The standard InChI is InChI=1S/C11H22N2O6/c1-6(2)9(10(15)7(3)11(16)17)12-8(14)5-13(18)19-4/h6-7,9-10,15,18H,5H2,1-4H3,(H,12,14)(H,16,17). The topological polar surface area (TPSA) is 119 Å². The third kappa shape index (κ3) is 5.97. The number of carboxylic acids is 1. The number of carboxylic acid groups (broad SMARTS) is 1. The molecule has 0 saturated heterocycles. The van der Waals surface area contributed by atoms with Gasteiger partial charge in [-0.2, -0.15) is 0 Å². The van der Waals surface area contributed by atoms with E-state index < -0.39 is 36.5 Å². The Balaban J connectivity index is 4.66. The second-order valence-electron chi connectivity index (χ2n) is 4.65.